The van der Waals surface area contributed by atoms with E-state index >= 15 is 0 Å². The molecule has 3 N–H and O–H groups in total. The first kappa shape index (κ1) is 14.5. The molecule has 1 saturated carbocycles. The molecule has 2 aromatic rings. The average molecular weight is 323 g/mol. The maximum absolute atomic E-state index is 11.9. The predicted molar refractivity (Wildman–Crippen MR) is 85.6 cm³/mol. The summed E-state index contributed by atoms with van der Waals surface area (Å²) in [5.74, 6) is 0.526. The third kappa shape index (κ3) is 3.81. The predicted octanol–water partition coefficient (Wildman–Crippen LogP) is 2.42. The number of thiazole rings is 1. The molecule has 21 heavy (non-hydrogen) atoms. The van der Waals surface area contributed by atoms with Crippen LogP contribution in [0.2, 0.25) is 0 Å². The Morgan fingerprint density at radius 2 is 2.00 bits per heavy atom. The summed E-state index contributed by atoms with van der Waals surface area (Å²) in [5, 5.41) is 2.28. The minimum Gasteiger partial charge on any atom is -0.326 e. The maximum atomic E-state index is 11.9. The Morgan fingerprint density at radius 3 is 2.62 bits per heavy atom. The lowest BCUT2D eigenvalue weighted by Gasteiger charge is -2.03. The molecule has 0 saturated heterocycles. The number of hydrogen-bond acceptors (Lipinski definition) is 5. The van der Waals surface area contributed by atoms with E-state index in [-0.39, 0.29) is 5.75 Å². The summed E-state index contributed by atoms with van der Waals surface area (Å²) >= 11 is 1.30. The first-order valence-corrected chi connectivity index (χ1v) is 9.34. The molecule has 112 valence electrons. The Balaban J connectivity index is 1.73. The zero-order chi connectivity index (χ0) is 14.9. The standard InChI is InChI=1S/C14H17N3O2S2/c15-7-10-3-5-12(6-4-10)13-8-20-14(16-13)17-21(18,19)9-11-1-2-11/h3-6,8,11H,1-2,7,9,15H2,(H,16,17). The molecule has 1 aliphatic carbocycles. The zero-order valence-corrected chi connectivity index (χ0v) is 13.1. The third-order valence-electron chi connectivity index (χ3n) is 3.38. The van der Waals surface area contributed by atoms with Gasteiger partial charge in [0.25, 0.3) is 0 Å². The van der Waals surface area contributed by atoms with Crippen LogP contribution in [0.4, 0.5) is 5.13 Å². The lowest BCUT2D eigenvalue weighted by atomic mass is 10.1. The van der Waals surface area contributed by atoms with Crippen molar-refractivity contribution in [3.63, 3.8) is 0 Å². The van der Waals surface area contributed by atoms with Gasteiger partial charge in [0.15, 0.2) is 5.13 Å². The molecule has 0 spiro atoms. The van der Waals surface area contributed by atoms with Crippen molar-refractivity contribution >= 4 is 26.5 Å². The fraction of sp³-hybridized carbons (Fsp3) is 0.357. The molecule has 3 rings (SSSR count). The Labute approximate surface area is 128 Å². The van der Waals surface area contributed by atoms with Gasteiger partial charge in [-0.3, -0.25) is 4.72 Å². The quantitative estimate of drug-likeness (QED) is 0.855. The minimum absolute atomic E-state index is 0.201. The molecule has 0 aliphatic heterocycles. The molecule has 1 heterocycles. The van der Waals surface area contributed by atoms with E-state index in [9.17, 15) is 8.42 Å². The number of rotatable bonds is 6. The van der Waals surface area contributed by atoms with Crippen molar-refractivity contribution in [2.24, 2.45) is 11.7 Å². The Morgan fingerprint density at radius 1 is 1.29 bits per heavy atom. The SMILES string of the molecule is NCc1ccc(-c2csc(NS(=O)(=O)CC3CC3)n2)cc1. The second-order valence-electron chi connectivity index (χ2n) is 5.27. The van der Waals surface area contributed by atoms with Crippen molar-refractivity contribution in [1.29, 1.82) is 0 Å². The summed E-state index contributed by atoms with van der Waals surface area (Å²) in [6.45, 7) is 0.504. The minimum atomic E-state index is -3.27. The first-order valence-electron chi connectivity index (χ1n) is 6.81. The van der Waals surface area contributed by atoms with E-state index < -0.39 is 10.0 Å². The summed E-state index contributed by atoms with van der Waals surface area (Å²) < 4.78 is 26.4. The molecule has 0 atom stereocenters. The van der Waals surface area contributed by atoms with E-state index in [2.05, 4.69) is 9.71 Å². The molecule has 1 fully saturated rings. The first-order chi connectivity index (χ1) is 10.1. The van der Waals surface area contributed by atoms with Crippen molar-refractivity contribution in [3.05, 3.63) is 35.2 Å². The Kier molecular flexibility index (Phi) is 3.97. The highest BCUT2D eigenvalue weighted by atomic mass is 32.2. The van der Waals surface area contributed by atoms with Gasteiger partial charge in [-0.2, -0.15) is 0 Å². The van der Waals surface area contributed by atoms with Crippen LogP contribution in [0.5, 0.6) is 0 Å². The molecular weight excluding hydrogens is 306 g/mol. The van der Waals surface area contributed by atoms with Crippen molar-refractivity contribution in [3.8, 4) is 11.3 Å². The number of benzene rings is 1. The van der Waals surface area contributed by atoms with E-state index in [1.165, 1.54) is 11.3 Å². The number of sulfonamides is 1. The van der Waals surface area contributed by atoms with Gasteiger partial charge in [0.1, 0.15) is 0 Å². The van der Waals surface area contributed by atoms with Crippen LogP contribution in [-0.4, -0.2) is 19.2 Å². The van der Waals surface area contributed by atoms with Gasteiger partial charge in [0.2, 0.25) is 10.0 Å². The largest absolute Gasteiger partial charge is 0.326 e. The topological polar surface area (TPSA) is 85.1 Å². The number of nitrogens with zero attached hydrogens (tertiary/aromatic N) is 1. The summed E-state index contributed by atoms with van der Waals surface area (Å²) in [4.78, 5) is 4.35. The summed E-state index contributed by atoms with van der Waals surface area (Å²) in [5.41, 5.74) is 8.35. The highest BCUT2D eigenvalue weighted by Crippen LogP contribution is 2.31. The zero-order valence-electron chi connectivity index (χ0n) is 11.5. The van der Waals surface area contributed by atoms with Crippen LogP contribution in [0.1, 0.15) is 18.4 Å². The van der Waals surface area contributed by atoms with Crippen molar-refractivity contribution in [2.75, 3.05) is 10.5 Å². The lowest BCUT2D eigenvalue weighted by molar-refractivity contribution is 0.597. The Hall–Kier alpha value is -1.44. The molecule has 0 amide bonds. The van der Waals surface area contributed by atoms with E-state index in [0.29, 0.717) is 17.6 Å². The molecule has 1 aromatic carbocycles. The van der Waals surface area contributed by atoms with Crippen molar-refractivity contribution in [2.45, 2.75) is 19.4 Å². The fourth-order valence-electron chi connectivity index (χ4n) is 2.03. The van der Waals surface area contributed by atoms with E-state index in [1.54, 1.807) is 0 Å². The lowest BCUT2D eigenvalue weighted by Crippen LogP contribution is -2.17. The number of nitrogens with two attached hydrogens (primary N) is 1. The average Bonchev–Trinajstić information content (AvgIpc) is 3.14. The van der Waals surface area contributed by atoms with Gasteiger partial charge in [0.05, 0.1) is 11.4 Å². The van der Waals surface area contributed by atoms with Gasteiger partial charge in [-0.1, -0.05) is 24.3 Å². The van der Waals surface area contributed by atoms with Crippen LogP contribution in [0.25, 0.3) is 11.3 Å². The molecule has 5 nitrogen and oxygen atoms in total. The molecule has 1 aromatic heterocycles. The van der Waals surface area contributed by atoms with E-state index in [4.69, 9.17) is 5.73 Å². The van der Waals surface area contributed by atoms with Gasteiger partial charge in [0, 0.05) is 17.5 Å². The van der Waals surface area contributed by atoms with Gasteiger partial charge < -0.3 is 5.73 Å². The summed E-state index contributed by atoms with van der Waals surface area (Å²) in [6.07, 6.45) is 2.02. The van der Waals surface area contributed by atoms with Crippen LogP contribution in [0, 0.1) is 5.92 Å². The molecule has 7 heteroatoms. The molecule has 1 aliphatic rings. The van der Waals surface area contributed by atoms with Gasteiger partial charge >= 0.3 is 0 Å². The fourth-order valence-corrected chi connectivity index (χ4v) is 4.52. The van der Waals surface area contributed by atoms with Crippen LogP contribution in [0.3, 0.4) is 0 Å². The third-order valence-corrected chi connectivity index (χ3v) is 5.69. The Bertz CT molecular complexity index is 719. The highest BCUT2D eigenvalue weighted by Gasteiger charge is 2.28. The van der Waals surface area contributed by atoms with Crippen LogP contribution in [0.15, 0.2) is 29.6 Å². The highest BCUT2D eigenvalue weighted by molar-refractivity contribution is 7.92. The summed E-state index contributed by atoms with van der Waals surface area (Å²) in [7, 11) is -3.27. The van der Waals surface area contributed by atoms with E-state index in [0.717, 1.165) is 29.7 Å². The second-order valence-corrected chi connectivity index (χ2v) is 7.89. The molecule has 0 radical (unpaired) electrons. The molecule has 0 bridgehead atoms. The van der Waals surface area contributed by atoms with Crippen molar-refractivity contribution in [1.82, 2.24) is 4.98 Å². The van der Waals surface area contributed by atoms with Crippen LogP contribution >= 0.6 is 11.3 Å². The second kappa shape index (κ2) is 5.75. The molecule has 0 unspecified atom stereocenters. The normalized spacial score (nSPS) is 15.1. The number of aromatic nitrogens is 1. The monoisotopic (exact) mass is 323 g/mol. The van der Waals surface area contributed by atoms with Crippen LogP contribution < -0.4 is 10.5 Å². The van der Waals surface area contributed by atoms with Gasteiger partial charge in [-0.05, 0) is 24.3 Å². The molecular formula is C14H17N3O2S2. The van der Waals surface area contributed by atoms with Crippen LogP contribution in [-0.2, 0) is 16.6 Å². The number of hydrogen-bond donors (Lipinski definition) is 2. The van der Waals surface area contributed by atoms with Gasteiger partial charge in [-0.15, -0.1) is 11.3 Å². The number of nitrogens with one attached hydrogen (secondary N) is 1. The maximum Gasteiger partial charge on any atom is 0.234 e. The smallest absolute Gasteiger partial charge is 0.234 e. The summed E-state index contributed by atoms with van der Waals surface area (Å²) in [6, 6.07) is 7.79. The van der Waals surface area contributed by atoms with Gasteiger partial charge in [-0.25, -0.2) is 13.4 Å². The van der Waals surface area contributed by atoms with Crippen molar-refractivity contribution < 1.29 is 8.42 Å². The number of anilines is 1. The van der Waals surface area contributed by atoms with E-state index in [1.807, 2.05) is 29.6 Å².